The van der Waals surface area contributed by atoms with Crippen LogP contribution in [0.25, 0.3) is 0 Å². The summed E-state index contributed by atoms with van der Waals surface area (Å²) in [5.74, 6) is -0.974. The number of nitrogens with one attached hydrogen (secondary N) is 1. The summed E-state index contributed by atoms with van der Waals surface area (Å²) in [6.45, 7) is 4.57. The number of aryl methyl sites for hydroxylation is 2. The second-order valence-electron chi connectivity index (χ2n) is 4.83. The van der Waals surface area contributed by atoms with Crippen molar-refractivity contribution in [2.75, 3.05) is 5.32 Å². The topological polar surface area (TPSA) is 55.1 Å². The summed E-state index contributed by atoms with van der Waals surface area (Å²) in [7, 11) is 0. The van der Waals surface area contributed by atoms with Crippen LogP contribution in [0, 0.1) is 19.7 Å². The van der Waals surface area contributed by atoms with Crippen LogP contribution < -0.4 is 11.1 Å². The molecule has 0 aliphatic heterocycles. The van der Waals surface area contributed by atoms with Crippen molar-refractivity contribution in [1.29, 1.82) is 0 Å². The summed E-state index contributed by atoms with van der Waals surface area (Å²) in [5, 5.41) is 2.99. The van der Waals surface area contributed by atoms with Crippen LogP contribution in [-0.4, -0.2) is 5.91 Å². The van der Waals surface area contributed by atoms with Gasteiger partial charge in [-0.25, -0.2) is 4.39 Å². The van der Waals surface area contributed by atoms with E-state index in [0.717, 1.165) is 5.56 Å². The minimum absolute atomic E-state index is 0.277. The van der Waals surface area contributed by atoms with Crippen molar-refractivity contribution in [1.82, 2.24) is 0 Å². The Hall–Kier alpha value is -2.36. The maximum absolute atomic E-state index is 13.7. The van der Waals surface area contributed by atoms with Gasteiger partial charge in [-0.05, 0) is 48.7 Å². The number of amides is 1. The first kappa shape index (κ1) is 14.1. The molecular formula is C16H17FN2O. The molecular weight excluding hydrogens is 255 g/mol. The van der Waals surface area contributed by atoms with E-state index >= 15 is 0 Å². The molecule has 0 atom stereocenters. The number of nitrogens with two attached hydrogens (primary N) is 1. The van der Waals surface area contributed by atoms with Crippen LogP contribution in [0.1, 0.15) is 27.0 Å². The summed E-state index contributed by atoms with van der Waals surface area (Å²) >= 11 is 0. The van der Waals surface area contributed by atoms with Gasteiger partial charge in [-0.15, -0.1) is 0 Å². The number of anilines is 1. The molecule has 0 bridgehead atoms. The van der Waals surface area contributed by atoms with Crippen molar-refractivity contribution >= 4 is 11.6 Å². The van der Waals surface area contributed by atoms with Gasteiger partial charge in [0.25, 0.3) is 0 Å². The third-order valence-electron chi connectivity index (χ3n) is 3.31. The first-order chi connectivity index (χ1) is 9.47. The zero-order valence-electron chi connectivity index (χ0n) is 11.5. The smallest absolute Gasteiger partial charge is 0.248 e. The fourth-order valence-corrected chi connectivity index (χ4v) is 1.92. The van der Waals surface area contributed by atoms with Crippen LogP contribution in [0.15, 0.2) is 36.4 Å². The number of benzene rings is 2. The van der Waals surface area contributed by atoms with Gasteiger partial charge >= 0.3 is 0 Å². The highest BCUT2D eigenvalue weighted by Gasteiger charge is 2.07. The maximum Gasteiger partial charge on any atom is 0.248 e. The number of rotatable bonds is 4. The molecule has 2 aromatic rings. The van der Waals surface area contributed by atoms with E-state index in [0.29, 0.717) is 6.54 Å². The monoisotopic (exact) mass is 272 g/mol. The number of hydrogen-bond acceptors (Lipinski definition) is 2. The van der Waals surface area contributed by atoms with Crippen LogP contribution in [-0.2, 0) is 6.54 Å². The fraction of sp³-hybridized carbons (Fsp3) is 0.188. The standard InChI is InChI=1S/C16H17FN2O/c1-10-3-4-12(7-11(10)2)9-19-15-8-13(16(18)20)5-6-14(15)17/h3-8,19H,9H2,1-2H3,(H2,18,20). The van der Waals surface area contributed by atoms with Gasteiger partial charge in [-0.3, -0.25) is 4.79 Å². The van der Waals surface area contributed by atoms with Gasteiger partial charge in [0.15, 0.2) is 0 Å². The number of hydrogen-bond donors (Lipinski definition) is 2. The van der Waals surface area contributed by atoms with E-state index in [1.165, 1.54) is 29.3 Å². The third kappa shape index (κ3) is 3.15. The predicted molar refractivity (Wildman–Crippen MR) is 78.2 cm³/mol. The molecule has 0 aliphatic rings. The summed E-state index contributed by atoms with van der Waals surface area (Å²) in [5.41, 5.74) is 9.21. The molecule has 2 aromatic carbocycles. The van der Waals surface area contributed by atoms with E-state index < -0.39 is 11.7 Å². The molecule has 2 rings (SSSR count). The van der Waals surface area contributed by atoms with Gasteiger partial charge < -0.3 is 11.1 Å². The molecule has 0 saturated carbocycles. The third-order valence-corrected chi connectivity index (χ3v) is 3.31. The quantitative estimate of drug-likeness (QED) is 0.898. The largest absolute Gasteiger partial charge is 0.379 e. The Bertz CT molecular complexity index is 653. The van der Waals surface area contributed by atoms with Crippen molar-refractivity contribution in [3.63, 3.8) is 0 Å². The second kappa shape index (κ2) is 5.74. The van der Waals surface area contributed by atoms with E-state index in [1.807, 2.05) is 26.0 Å². The Labute approximate surface area is 117 Å². The van der Waals surface area contributed by atoms with E-state index in [2.05, 4.69) is 11.4 Å². The summed E-state index contributed by atoms with van der Waals surface area (Å²) in [6, 6.07) is 10.1. The van der Waals surface area contributed by atoms with E-state index in [4.69, 9.17) is 5.73 Å². The summed E-state index contributed by atoms with van der Waals surface area (Å²) in [4.78, 5) is 11.1. The van der Waals surface area contributed by atoms with Crippen molar-refractivity contribution in [2.45, 2.75) is 20.4 Å². The van der Waals surface area contributed by atoms with Crippen molar-refractivity contribution in [3.8, 4) is 0 Å². The molecule has 104 valence electrons. The molecule has 4 heteroatoms. The predicted octanol–water partition coefficient (Wildman–Crippen LogP) is 3.15. The molecule has 0 heterocycles. The zero-order valence-corrected chi connectivity index (χ0v) is 11.5. The molecule has 0 spiro atoms. The van der Waals surface area contributed by atoms with Gasteiger partial charge in [0.2, 0.25) is 5.91 Å². The van der Waals surface area contributed by atoms with Gasteiger partial charge in [0, 0.05) is 12.1 Å². The van der Waals surface area contributed by atoms with Crippen LogP contribution >= 0.6 is 0 Å². The lowest BCUT2D eigenvalue weighted by Gasteiger charge is -2.10. The van der Waals surface area contributed by atoms with Crippen molar-refractivity contribution in [3.05, 3.63) is 64.5 Å². The molecule has 0 radical (unpaired) electrons. The average Bonchev–Trinajstić information content (AvgIpc) is 2.41. The second-order valence-corrected chi connectivity index (χ2v) is 4.83. The van der Waals surface area contributed by atoms with Gasteiger partial charge in [0.1, 0.15) is 5.82 Å². The zero-order chi connectivity index (χ0) is 14.7. The van der Waals surface area contributed by atoms with Crippen LogP contribution in [0.3, 0.4) is 0 Å². The minimum Gasteiger partial charge on any atom is -0.379 e. The van der Waals surface area contributed by atoms with Crippen molar-refractivity contribution < 1.29 is 9.18 Å². The highest BCUT2D eigenvalue weighted by molar-refractivity contribution is 5.93. The lowest BCUT2D eigenvalue weighted by atomic mass is 10.1. The minimum atomic E-state index is -0.570. The van der Waals surface area contributed by atoms with Crippen molar-refractivity contribution in [2.24, 2.45) is 5.73 Å². The van der Waals surface area contributed by atoms with Gasteiger partial charge in [-0.1, -0.05) is 18.2 Å². The molecule has 0 aliphatic carbocycles. The Morgan fingerprint density at radius 1 is 1.15 bits per heavy atom. The van der Waals surface area contributed by atoms with Crippen LogP contribution in [0.2, 0.25) is 0 Å². The fourth-order valence-electron chi connectivity index (χ4n) is 1.92. The molecule has 3 N–H and O–H groups in total. The van der Waals surface area contributed by atoms with E-state index in [9.17, 15) is 9.18 Å². The molecule has 0 unspecified atom stereocenters. The Balaban J connectivity index is 2.15. The lowest BCUT2D eigenvalue weighted by molar-refractivity contribution is 0.100. The molecule has 0 aromatic heterocycles. The molecule has 1 amide bonds. The average molecular weight is 272 g/mol. The highest BCUT2D eigenvalue weighted by atomic mass is 19.1. The SMILES string of the molecule is Cc1ccc(CNc2cc(C(N)=O)ccc2F)cc1C. The van der Waals surface area contributed by atoms with Gasteiger partial charge in [0.05, 0.1) is 5.69 Å². The number of halogens is 1. The highest BCUT2D eigenvalue weighted by Crippen LogP contribution is 2.18. The lowest BCUT2D eigenvalue weighted by Crippen LogP contribution is -2.12. The first-order valence-corrected chi connectivity index (χ1v) is 6.36. The number of primary amides is 1. The summed E-state index contributed by atoms with van der Waals surface area (Å²) in [6.07, 6.45) is 0. The van der Waals surface area contributed by atoms with E-state index in [1.54, 1.807) is 0 Å². The maximum atomic E-state index is 13.7. The van der Waals surface area contributed by atoms with Gasteiger partial charge in [-0.2, -0.15) is 0 Å². The Morgan fingerprint density at radius 2 is 1.90 bits per heavy atom. The molecule has 0 fully saturated rings. The van der Waals surface area contributed by atoms with Crippen LogP contribution in [0.5, 0.6) is 0 Å². The summed E-state index contributed by atoms with van der Waals surface area (Å²) < 4.78 is 13.7. The Kier molecular flexibility index (Phi) is 4.03. The normalized spacial score (nSPS) is 10.3. The molecule has 3 nitrogen and oxygen atoms in total. The number of carbonyl (C=O) groups is 1. The van der Waals surface area contributed by atoms with E-state index in [-0.39, 0.29) is 11.3 Å². The first-order valence-electron chi connectivity index (χ1n) is 6.36. The van der Waals surface area contributed by atoms with Crippen LogP contribution in [0.4, 0.5) is 10.1 Å². The molecule has 20 heavy (non-hydrogen) atoms. The number of carbonyl (C=O) groups excluding carboxylic acids is 1. The molecule has 0 saturated heterocycles. The Morgan fingerprint density at radius 3 is 2.55 bits per heavy atom.